The van der Waals surface area contributed by atoms with Crippen LogP contribution in [-0.4, -0.2) is 49.5 Å². The van der Waals surface area contributed by atoms with E-state index < -0.39 is 17.7 Å². The van der Waals surface area contributed by atoms with Gasteiger partial charge in [0.05, 0.1) is 24.5 Å². The number of aryl methyl sites for hydroxylation is 1. The van der Waals surface area contributed by atoms with E-state index in [1.165, 1.54) is 17.0 Å². The molecule has 1 aliphatic heterocycles. The highest BCUT2D eigenvalue weighted by atomic mass is 16.5. The average molecular weight is 447 g/mol. The van der Waals surface area contributed by atoms with Crippen molar-refractivity contribution < 1.29 is 24.5 Å². The Bertz CT molecular complexity index is 1190. The highest BCUT2D eigenvalue weighted by molar-refractivity contribution is 6.46. The van der Waals surface area contributed by atoms with Gasteiger partial charge in [-0.15, -0.1) is 0 Å². The number of carbonyl (C=O) groups is 2. The standard InChI is InChI=1S/C25H25N3O5/c1-2-33-20-9-4-7-18(15-20)23(30)21-22(17-6-3-8-19(29)14-17)28(25(32)24(21)31)12-5-11-27-13-10-26-16-27/h3-4,6-10,13-16,22,29-30H,2,5,11-12H2,1H3. The lowest BCUT2D eigenvalue weighted by Crippen LogP contribution is -2.31. The summed E-state index contributed by atoms with van der Waals surface area (Å²) in [7, 11) is 0. The Labute approximate surface area is 191 Å². The number of nitrogens with zero attached hydrogens (tertiary/aromatic N) is 3. The number of aromatic nitrogens is 2. The third-order valence-corrected chi connectivity index (χ3v) is 5.52. The number of benzene rings is 2. The summed E-state index contributed by atoms with van der Waals surface area (Å²) >= 11 is 0. The van der Waals surface area contributed by atoms with E-state index >= 15 is 0 Å². The number of carbonyl (C=O) groups excluding carboxylic acids is 2. The number of amides is 1. The summed E-state index contributed by atoms with van der Waals surface area (Å²) in [5.74, 6) is -1.16. The molecule has 0 spiro atoms. The Hall–Kier alpha value is -4.07. The van der Waals surface area contributed by atoms with Crippen molar-refractivity contribution in [1.82, 2.24) is 14.5 Å². The molecule has 170 valence electrons. The van der Waals surface area contributed by atoms with Crippen LogP contribution >= 0.6 is 0 Å². The lowest BCUT2D eigenvalue weighted by molar-refractivity contribution is -0.139. The van der Waals surface area contributed by atoms with E-state index in [0.717, 1.165) is 0 Å². The summed E-state index contributed by atoms with van der Waals surface area (Å²) in [6, 6.07) is 12.3. The number of aliphatic hydroxyl groups is 1. The number of likely N-dealkylation sites (tertiary alicyclic amines) is 1. The lowest BCUT2D eigenvalue weighted by atomic mass is 9.95. The van der Waals surface area contributed by atoms with Crippen LogP contribution in [0.3, 0.4) is 0 Å². The van der Waals surface area contributed by atoms with Crippen LogP contribution in [0.1, 0.15) is 30.5 Å². The van der Waals surface area contributed by atoms with Gasteiger partial charge in [0.1, 0.15) is 17.3 Å². The number of aliphatic hydroxyl groups excluding tert-OH is 1. The van der Waals surface area contributed by atoms with Gasteiger partial charge in [0.25, 0.3) is 11.7 Å². The van der Waals surface area contributed by atoms with Gasteiger partial charge in [0.15, 0.2) is 0 Å². The van der Waals surface area contributed by atoms with Gasteiger partial charge < -0.3 is 24.4 Å². The number of phenolic OH excluding ortho intramolecular Hbond substituents is 1. The van der Waals surface area contributed by atoms with Crippen LogP contribution in [0.15, 0.2) is 72.8 Å². The number of hydrogen-bond acceptors (Lipinski definition) is 6. The topological polar surface area (TPSA) is 105 Å². The fourth-order valence-corrected chi connectivity index (χ4v) is 4.05. The second-order valence-corrected chi connectivity index (χ2v) is 7.70. The Morgan fingerprint density at radius 1 is 1.12 bits per heavy atom. The third kappa shape index (κ3) is 4.59. The van der Waals surface area contributed by atoms with Crippen molar-refractivity contribution in [2.24, 2.45) is 0 Å². The molecular formula is C25H25N3O5. The lowest BCUT2D eigenvalue weighted by Gasteiger charge is -2.25. The minimum Gasteiger partial charge on any atom is -0.508 e. The maximum Gasteiger partial charge on any atom is 0.295 e. The van der Waals surface area contributed by atoms with E-state index in [1.54, 1.807) is 48.9 Å². The first-order valence-electron chi connectivity index (χ1n) is 10.8. The minimum atomic E-state index is -0.823. The SMILES string of the molecule is CCOc1cccc(C(O)=C2C(=O)C(=O)N(CCCn3ccnc3)C2c2cccc(O)c2)c1. The Morgan fingerprint density at radius 3 is 2.67 bits per heavy atom. The number of aromatic hydroxyl groups is 1. The van der Waals surface area contributed by atoms with Crippen molar-refractivity contribution in [2.45, 2.75) is 25.9 Å². The summed E-state index contributed by atoms with van der Waals surface area (Å²) in [4.78, 5) is 31.6. The van der Waals surface area contributed by atoms with Crippen LogP contribution < -0.4 is 4.74 Å². The van der Waals surface area contributed by atoms with Crippen molar-refractivity contribution in [3.8, 4) is 11.5 Å². The number of ketones is 1. The zero-order valence-corrected chi connectivity index (χ0v) is 18.2. The Balaban J connectivity index is 1.74. The molecule has 3 aromatic rings. The van der Waals surface area contributed by atoms with E-state index in [0.29, 0.717) is 43.0 Å². The molecule has 1 fully saturated rings. The predicted octanol–water partition coefficient (Wildman–Crippen LogP) is 3.50. The molecule has 8 heteroatoms. The summed E-state index contributed by atoms with van der Waals surface area (Å²) in [5, 5.41) is 21.2. The smallest absolute Gasteiger partial charge is 0.295 e. The fourth-order valence-electron chi connectivity index (χ4n) is 4.05. The molecule has 33 heavy (non-hydrogen) atoms. The second-order valence-electron chi connectivity index (χ2n) is 7.70. The average Bonchev–Trinajstić information content (AvgIpc) is 3.41. The van der Waals surface area contributed by atoms with Crippen molar-refractivity contribution in [2.75, 3.05) is 13.2 Å². The van der Waals surface area contributed by atoms with Gasteiger partial charge in [0.2, 0.25) is 0 Å². The molecule has 1 aromatic heterocycles. The first kappa shape index (κ1) is 22.1. The van der Waals surface area contributed by atoms with Crippen molar-refractivity contribution in [3.05, 3.63) is 84.0 Å². The number of imidazole rings is 1. The molecule has 2 aromatic carbocycles. The fraction of sp³-hybridized carbons (Fsp3) is 0.240. The number of ether oxygens (including phenoxy) is 1. The second kappa shape index (κ2) is 9.60. The van der Waals surface area contributed by atoms with Gasteiger partial charge in [-0.25, -0.2) is 4.98 Å². The van der Waals surface area contributed by atoms with Crippen LogP contribution in [0.4, 0.5) is 0 Å². The summed E-state index contributed by atoms with van der Waals surface area (Å²) in [5.41, 5.74) is 0.906. The molecule has 0 aliphatic carbocycles. The van der Waals surface area contributed by atoms with E-state index in [1.807, 2.05) is 17.7 Å². The molecule has 0 bridgehead atoms. The molecule has 1 saturated heterocycles. The third-order valence-electron chi connectivity index (χ3n) is 5.52. The minimum absolute atomic E-state index is 0.00912. The van der Waals surface area contributed by atoms with Gasteiger partial charge in [-0.1, -0.05) is 24.3 Å². The molecule has 8 nitrogen and oxygen atoms in total. The van der Waals surface area contributed by atoms with Gasteiger partial charge in [-0.2, -0.15) is 0 Å². The largest absolute Gasteiger partial charge is 0.508 e. The molecule has 1 amide bonds. The highest BCUT2D eigenvalue weighted by Gasteiger charge is 2.45. The zero-order valence-electron chi connectivity index (χ0n) is 18.2. The summed E-state index contributed by atoms with van der Waals surface area (Å²) < 4.78 is 7.40. The molecule has 1 atom stereocenters. The van der Waals surface area contributed by atoms with Gasteiger partial charge in [0, 0.05) is 31.0 Å². The monoisotopic (exact) mass is 447 g/mol. The Kier molecular flexibility index (Phi) is 6.44. The van der Waals surface area contributed by atoms with E-state index in [9.17, 15) is 19.8 Å². The normalized spacial score (nSPS) is 17.5. The van der Waals surface area contributed by atoms with Gasteiger partial charge in [-0.3, -0.25) is 9.59 Å². The highest BCUT2D eigenvalue weighted by Crippen LogP contribution is 2.40. The van der Waals surface area contributed by atoms with E-state index in [2.05, 4.69) is 4.98 Å². The molecule has 1 unspecified atom stereocenters. The zero-order chi connectivity index (χ0) is 23.4. The molecule has 4 rings (SSSR count). The van der Waals surface area contributed by atoms with E-state index in [4.69, 9.17) is 4.74 Å². The molecule has 1 aliphatic rings. The van der Waals surface area contributed by atoms with Gasteiger partial charge in [-0.05, 0) is 43.2 Å². The molecule has 2 heterocycles. The molecule has 2 N–H and O–H groups in total. The van der Waals surface area contributed by atoms with Crippen LogP contribution in [-0.2, 0) is 16.1 Å². The van der Waals surface area contributed by atoms with Crippen LogP contribution in [0.25, 0.3) is 5.76 Å². The van der Waals surface area contributed by atoms with Crippen LogP contribution in [0.5, 0.6) is 11.5 Å². The molecular weight excluding hydrogens is 422 g/mol. The molecule has 0 radical (unpaired) electrons. The first-order valence-corrected chi connectivity index (χ1v) is 10.8. The van der Waals surface area contributed by atoms with Crippen molar-refractivity contribution in [3.63, 3.8) is 0 Å². The maximum atomic E-state index is 13.1. The van der Waals surface area contributed by atoms with Crippen molar-refractivity contribution >= 4 is 17.4 Å². The number of Topliss-reactive ketones (excluding diaryl/α,β-unsaturated/α-hetero) is 1. The Morgan fingerprint density at radius 2 is 1.94 bits per heavy atom. The predicted molar refractivity (Wildman–Crippen MR) is 122 cm³/mol. The van der Waals surface area contributed by atoms with Crippen molar-refractivity contribution in [1.29, 1.82) is 0 Å². The summed E-state index contributed by atoms with van der Waals surface area (Å²) in [6.45, 7) is 3.21. The first-order chi connectivity index (χ1) is 16.0. The van der Waals surface area contributed by atoms with Crippen LogP contribution in [0.2, 0.25) is 0 Å². The molecule has 0 saturated carbocycles. The number of phenols is 1. The number of rotatable bonds is 8. The maximum absolute atomic E-state index is 13.1. The number of hydrogen-bond donors (Lipinski definition) is 2. The summed E-state index contributed by atoms with van der Waals surface area (Å²) in [6.07, 6.45) is 5.77. The van der Waals surface area contributed by atoms with Gasteiger partial charge >= 0.3 is 0 Å². The van der Waals surface area contributed by atoms with E-state index in [-0.39, 0.29) is 17.1 Å². The van der Waals surface area contributed by atoms with Crippen LogP contribution in [0, 0.1) is 0 Å². The quantitative estimate of drug-likeness (QED) is 0.311.